The molecule has 0 aliphatic rings. The average Bonchev–Trinajstić information content (AvgIpc) is 3.25. The molecule has 0 unspecified atom stereocenters. The maximum Gasteiger partial charge on any atom is 0.259 e. The number of benzene rings is 3. The number of hydrogen-bond donors (Lipinski definition) is 1. The third kappa shape index (κ3) is 4.98. The summed E-state index contributed by atoms with van der Waals surface area (Å²) < 4.78 is 29.1. The van der Waals surface area contributed by atoms with Crippen LogP contribution in [0.5, 0.6) is 0 Å². The summed E-state index contributed by atoms with van der Waals surface area (Å²) in [5.74, 6) is -2.68. The van der Waals surface area contributed by atoms with Crippen LogP contribution in [0.2, 0.25) is 0 Å². The van der Waals surface area contributed by atoms with Crippen LogP contribution in [0.3, 0.4) is 0 Å². The van der Waals surface area contributed by atoms with Crippen LogP contribution in [-0.2, 0) is 18.4 Å². The Hall–Kier alpha value is -3.47. The van der Waals surface area contributed by atoms with Crippen molar-refractivity contribution in [3.8, 4) is 0 Å². The number of aromatic amines is 1. The molecule has 0 aliphatic heterocycles. The minimum atomic E-state index is -1.12. The number of amides is 1. The van der Waals surface area contributed by atoms with Crippen LogP contribution < -0.4 is 0 Å². The van der Waals surface area contributed by atoms with Crippen molar-refractivity contribution < 1.29 is 13.6 Å². The molecule has 0 spiro atoms. The summed E-state index contributed by atoms with van der Waals surface area (Å²) in [4.78, 5) is 18.1. The highest BCUT2D eigenvalue weighted by Crippen LogP contribution is 2.26. The number of nitrogens with one attached hydrogen (secondary N) is 1. The molecule has 33 heavy (non-hydrogen) atoms. The lowest BCUT2D eigenvalue weighted by Crippen LogP contribution is -2.33. The first-order chi connectivity index (χ1) is 15.7. The number of fused-ring (bicyclic) bond motifs is 1. The van der Waals surface area contributed by atoms with E-state index in [9.17, 15) is 13.6 Å². The van der Waals surface area contributed by atoms with Crippen molar-refractivity contribution in [3.05, 3.63) is 107 Å². The van der Waals surface area contributed by atoms with Crippen LogP contribution >= 0.6 is 0 Å². The number of halogens is 2. The zero-order valence-corrected chi connectivity index (χ0v) is 19.2. The monoisotopic (exact) mass is 446 g/mol. The highest BCUT2D eigenvalue weighted by atomic mass is 19.2. The Morgan fingerprint density at radius 2 is 1.64 bits per heavy atom. The zero-order chi connectivity index (χ0) is 23.6. The van der Waals surface area contributed by atoms with Crippen LogP contribution in [-0.4, -0.2) is 22.3 Å². The van der Waals surface area contributed by atoms with Crippen molar-refractivity contribution in [2.24, 2.45) is 0 Å². The maximum absolute atomic E-state index is 14.9. The van der Waals surface area contributed by atoms with Crippen molar-refractivity contribution in [1.82, 2.24) is 9.88 Å². The number of aromatic nitrogens is 1. The number of carbonyl (C=O) groups excluding carboxylic acids is 1. The standard InChI is InChI=1S/C28H28F2N2O/c1-28(2,3)22-11-9-20(10-12-22)18-32(16-14-19-7-5-4-6-8-19)27(33)24-25(30)23(29)17-21-13-15-31-26(21)24/h4-13,15,17,31H,14,16,18H2,1-3H3. The van der Waals surface area contributed by atoms with E-state index in [0.717, 1.165) is 17.2 Å². The molecular formula is C28H28F2N2O. The fourth-order valence-electron chi connectivity index (χ4n) is 4.00. The van der Waals surface area contributed by atoms with Gasteiger partial charge in [-0.2, -0.15) is 0 Å². The van der Waals surface area contributed by atoms with E-state index in [1.807, 2.05) is 42.5 Å². The number of carbonyl (C=O) groups is 1. The van der Waals surface area contributed by atoms with Crippen LogP contribution in [0.25, 0.3) is 10.9 Å². The smallest absolute Gasteiger partial charge is 0.259 e. The lowest BCUT2D eigenvalue weighted by atomic mass is 9.87. The van der Waals surface area contributed by atoms with Crippen molar-refractivity contribution in [1.29, 1.82) is 0 Å². The van der Waals surface area contributed by atoms with Gasteiger partial charge in [-0.1, -0.05) is 75.4 Å². The molecule has 1 aromatic heterocycles. The van der Waals surface area contributed by atoms with E-state index in [0.29, 0.717) is 30.4 Å². The van der Waals surface area contributed by atoms with Gasteiger partial charge in [0.2, 0.25) is 0 Å². The number of H-pyrrole nitrogens is 1. The van der Waals surface area contributed by atoms with Crippen LogP contribution in [0.4, 0.5) is 8.78 Å². The second kappa shape index (κ2) is 9.18. The SMILES string of the molecule is CC(C)(C)c1ccc(CN(CCc2ccccc2)C(=O)c2c(F)c(F)cc3cc[nH]c23)cc1. The molecule has 1 heterocycles. The molecule has 1 amide bonds. The van der Waals surface area contributed by atoms with Gasteiger partial charge in [-0.15, -0.1) is 0 Å². The van der Waals surface area contributed by atoms with Crippen molar-refractivity contribution >= 4 is 16.8 Å². The predicted molar refractivity (Wildman–Crippen MR) is 128 cm³/mol. The summed E-state index contributed by atoms with van der Waals surface area (Å²) >= 11 is 0. The molecule has 5 heteroatoms. The molecule has 3 aromatic carbocycles. The normalized spacial score (nSPS) is 11.7. The Morgan fingerprint density at radius 3 is 2.30 bits per heavy atom. The predicted octanol–water partition coefficient (Wildman–Crippen LogP) is 6.63. The van der Waals surface area contributed by atoms with E-state index >= 15 is 0 Å². The fraction of sp³-hybridized carbons (Fsp3) is 0.250. The highest BCUT2D eigenvalue weighted by Gasteiger charge is 2.26. The molecule has 170 valence electrons. The van der Waals surface area contributed by atoms with Gasteiger partial charge in [0, 0.05) is 24.7 Å². The topological polar surface area (TPSA) is 36.1 Å². The van der Waals surface area contributed by atoms with E-state index in [1.165, 1.54) is 5.56 Å². The Balaban J connectivity index is 1.67. The molecule has 0 radical (unpaired) electrons. The Labute approximate surface area is 193 Å². The quantitative estimate of drug-likeness (QED) is 0.355. The van der Waals surface area contributed by atoms with Crippen molar-refractivity contribution in [2.75, 3.05) is 6.54 Å². The molecule has 0 bridgehead atoms. The van der Waals surface area contributed by atoms with E-state index in [2.05, 4.69) is 37.9 Å². The van der Waals surface area contributed by atoms with Crippen molar-refractivity contribution in [2.45, 2.75) is 39.2 Å². The van der Waals surface area contributed by atoms with Gasteiger partial charge in [-0.25, -0.2) is 8.78 Å². The lowest BCUT2D eigenvalue weighted by molar-refractivity contribution is 0.0741. The van der Waals surface area contributed by atoms with Gasteiger partial charge in [0.25, 0.3) is 5.91 Å². The molecule has 0 fully saturated rings. The Morgan fingerprint density at radius 1 is 0.939 bits per heavy atom. The molecule has 0 aliphatic carbocycles. The fourth-order valence-corrected chi connectivity index (χ4v) is 4.00. The van der Waals surface area contributed by atoms with Gasteiger partial charge in [-0.3, -0.25) is 4.79 Å². The minimum Gasteiger partial charge on any atom is -0.360 e. The van der Waals surface area contributed by atoms with Crippen LogP contribution in [0, 0.1) is 11.6 Å². The molecule has 0 atom stereocenters. The molecule has 1 N–H and O–H groups in total. The van der Waals surface area contributed by atoms with Gasteiger partial charge in [0.05, 0.1) is 5.52 Å². The second-order valence-corrected chi connectivity index (χ2v) is 9.40. The summed E-state index contributed by atoms with van der Waals surface area (Å²) in [5, 5.41) is 0.467. The van der Waals surface area contributed by atoms with Crippen molar-refractivity contribution in [3.63, 3.8) is 0 Å². The van der Waals surface area contributed by atoms with Gasteiger partial charge in [0.1, 0.15) is 5.56 Å². The highest BCUT2D eigenvalue weighted by molar-refractivity contribution is 6.06. The first-order valence-electron chi connectivity index (χ1n) is 11.1. The summed E-state index contributed by atoms with van der Waals surface area (Å²) in [6.07, 6.45) is 2.19. The average molecular weight is 447 g/mol. The molecule has 4 rings (SSSR count). The minimum absolute atomic E-state index is 0.0191. The summed E-state index contributed by atoms with van der Waals surface area (Å²) in [6, 6.07) is 20.7. The van der Waals surface area contributed by atoms with E-state index < -0.39 is 17.5 Å². The maximum atomic E-state index is 14.9. The number of hydrogen-bond acceptors (Lipinski definition) is 1. The van der Waals surface area contributed by atoms with Gasteiger partial charge >= 0.3 is 0 Å². The number of rotatable bonds is 6. The molecular weight excluding hydrogens is 418 g/mol. The summed E-state index contributed by atoms with van der Waals surface area (Å²) in [7, 11) is 0. The third-order valence-electron chi connectivity index (χ3n) is 5.95. The second-order valence-electron chi connectivity index (χ2n) is 9.40. The van der Waals surface area contributed by atoms with Gasteiger partial charge < -0.3 is 9.88 Å². The van der Waals surface area contributed by atoms with E-state index in [-0.39, 0.29) is 11.0 Å². The van der Waals surface area contributed by atoms with Gasteiger partial charge in [0.15, 0.2) is 11.6 Å². The first-order valence-corrected chi connectivity index (χ1v) is 11.1. The largest absolute Gasteiger partial charge is 0.360 e. The third-order valence-corrected chi connectivity index (χ3v) is 5.95. The summed E-state index contributed by atoms with van der Waals surface area (Å²) in [5.41, 5.74) is 3.27. The van der Waals surface area contributed by atoms with Crippen LogP contribution in [0.15, 0.2) is 72.9 Å². The van der Waals surface area contributed by atoms with Gasteiger partial charge in [-0.05, 0) is 40.7 Å². The molecule has 3 nitrogen and oxygen atoms in total. The summed E-state index contributed by atoms with van der Waals surface area (Å²) in [6.45, 7) is 7.11. The molecule has 0 saturated heterocycles. The van der Waals surface area contributed by atoms with E-state index in [1.54, 1.807) is 17.2 Å². The lowest BCUT2D eigenvalue weighted by Gasteiger charge is -2.25. The van der Waals surface area contributed by atoms with E-state index in [4.69, 9.17) is 0 Å². The number of nitrogens with zero attached hydrogens (tertiary/aromatic N) is 1. The molecule has 4 aromatic rings. The Kier molecular flexibility index (Phi) is 6.32. The molecule has 0 saturated carbocycles. The Bertz CT molecular complexity index is 1260. The van der Waals surface area contributed by atoms with Crippen LogP contribution in [0.1, 0.15) is 47.8 Å². The first kappa shape index (κ1) is 22.7. The zero-order valence-electron chi connectivity index (χ0n) is 19.2.